The van der Waals surface area contributed by atoms with Gasteiger partial charge >= 0.3 is 0 Å². The maximum absolute atomic E-state index is 13.1. The minimum Gasteiger partial charge on any atom is -0.388 e. The van der Waals surface area contributed by atoms with Gasteiger partial charge in [-0.3, -0.25) is 9.44 Å². The molecule has 0 saturated carbocycles. The van der Waals surface area contributed by atoms with Crippen LogP contribution in [0.3, 0.4) is 0 Å². The summed E-state index contributed by atoms with van der Waals surface area (Å²) in [7, 11) is -6.24. The molecule has 7 nitrogen and oxygen atoms in total. The SMILES string of the molecule is CNc1ccc2cc(S(=O)(=O)Nc3cc(Cl)c(Cl)cc3NS(=O)(=O)c3cccs3)ccc2c1. The largest absolute Gasteiger partial charge is 0.388 e. The Morgan fingerprint density at radius 2 is 1.36 bits per heavy atom. The van der Waals surface area contributed by atoms with E-state index in [1.807, 2.05) is 12.1 Å². The van der Waals surface area contributed by atoms with Crippen LogP contribution in [0.2, 0.25) is 10.0 Å². The molecule has 1 heterocycles. The van der Waals surface area contributed by atoms with Crippen molar-refractivity contribution < 1.29 is 16.8 Å². The van der Waals surface area contributed by atoms with Crippen molar-refractivity contribution in [2.45, 2.75) is 9.10 Å². The Labute approximate surface area is 205 Å². The molecular weight excluding hydrogens is 525 g/mol. The van der Waals surface area contributed by atoms with Crippen LogP contribution < -0.4 is 14.8 Å². The lowest BCUT2D eigenvalue weighted by molar-refractivity contribution is 0.599. The number of hydrogen-bond acceptors (Lipinski definition) is 6. The Hall–Kier alpha value is -2.50. The average Bonchev–Trinajstić information content (AvgIpc) is 3.32. The first-order chi connectivity index (χ1) is 15.6. The molecule has 4 rings (SSSR count). The molecule has 172 valence electrons. The van der Waals surface area contributed by atoms with E-state index in [1.54, 1.807) is 30.6 Å². The molecule has 0 aliphatic rings. The van der Waals surface area contributed by atoms with Gasteiger partial charge in [0, 0.05) is 12.7 Å². The third kappa shape index (κ3) is 5.04. The van der Waals surface area contributed by atoms with Crippen LogP contribution >= 0.6 is 34.5 Å². The van der Waals surface area contributed by atoms with Crippen molar-refractivity contribution in [2.24, 2.45) is 0 Å². The van der Waals surface area contributed by atoms with E-state index >= 15 is 0 Å². The summed E-state index contributed by atoms with van der Waals surface area (Å²) in [6.07, 6.45) is 0. The Balaban J connectivity index is 1.72. The van der Waals surface area contributed by atoms with Crippen LogP contribution in [-0.2, 0) is 20.0 Å². The van der Waals surface area contributed by atoms with Crippen LogP contribution in [0.25, 0.3) is 10.8 Å². The zero-order chi connectivity index (χ0) is 23.8. The average molecular weight is 542 g/mol. The zero-order valence-corrected chi connectivity index (χ0v) is 20.9. The molecule has 0 fully saturated rings. The van der Waals surface area contributed by atoms with Crippen molar-refractivity contribution in [2.75, 3.05) is 21.8 Å². The second kappa shape index (κ2) is 9.03. The van der Waals surface area contributed by atoms with Crippen LogP contribution in [0.1, 0.15) is 0 Å². The molecule has 0 spiro atoms. The smallest absolute Gasteiger partial charge is 0.271 e. The molecule has 0 unspecified atom stereocenters. The molecule has 3 N–H and O–H groups in total. The zero-order valence-electron chi connectivity index (χ0n) is 17.0. The first kappa shape index (κ1) is 23.7. The van der Waals surface area contributed by atoms with E-state index in [-0.39, 0.29) is 30.5 Å². The molecule has 12 heteroatoms. The molecule has 3 aromatic carbocycles. The highest BCUT2D eigenvalue weighted by molar-refractivity contribution is 7.94. The number of halogens is 2. The van der Waals surface area contributed by atoms with Gasteiger partial charge in [0.25, 0.3) is 20.0 Å². The van der Waals surface area contributed by atoms with E-state index in [0.29, 0.717) is 0 Å². The van der Waals surface area contributed by atoms with E-state index in [4.69, 9.17) is 23.2 Å². The van der Waals surface area contributed by atoms with Gasteiger partial charge in [-0.25, -0.2) is 16.8 Å². The minimum absolute atomic E-state index is 0.00495. The quantitative estimate of drug-likeness (QED) is 0.272. The van der Waals surface area contributed by atoms with E-state index in [9.17, 15) is 16.8 Å². The van der Waals surface area contributed by atoms with Gasteiger partial charge < -0.3 is 5.32 Å². The lowest BCUT2D eigenvalue weighted by Gasteiger charge is -2.16. The fourth-order valence-electron chi connectivity index (χ4n) is 3.08. The summed E-state index contributed by atoms with van der Waals surface area (Å²) in [5, 5.41) is 6.36. The lowest BCUT2D eigenvalue weighted by atomic mass is 10.1. The van der Waals surface area contributed by atoms with E-state index in [0.717, 1.165) is 27.8 Å². The molecule has 0 saturated heterocycles. The predicted molar refractivity (Wildman–Crippen MR) is 136 cm³/mol. The van der Waals surface area contributed by atoms with Crippen LogP contribution in [0.15, 0.2) is 75.1 Å². The fourth-order valence-corrected chi connectivity index (χ4v) is 6.57. The summed E-state index contributed by atoms with van der Waals surface area (Å²) in [5.74, 6) is 0. The van der Waals surface area contributed by atoms with Crippen molar-refractivity contribution in [1.82, 2.24) is 0 Å². The number of nitrogens with one attached hydrogen (secondary N) is 3. The summed E-state index contributed by atoms with van der Waals surface area (Å²) in [6, 6.07) is 15.8. The first-order valence-electron chi connectivity index (χ1n) is 9.39. The molecule has 33 heavy (non-hydrogen) atoms. The second-order valence-corrected chi connectivity index (χ2v) is 12.3. The van der Waals surface area contributed by atoms with Gasteiger partial charge in [0.2, 0.25) is 0 Å². The highest BCUT2D eigenvalue weighted by Gasteiger charge is 2.22. The first-order valence-corrected chi connectivity index (χ1v) is 14.0. The van der Waals surface area contributed by atoms with Crippen LogP contribution in [-0.4, -0.2) is 23.9 Å². The Bertz CT molecular complexity index is 1560. The van der Waals surface area contributed by atoms with Crippen molar-refractivity contribution in [3.8, 4) is 0 Å². The van der Waals surface area contributed by atoms with E-state index in [2.05, 4.69) is 14.8 Å². The van der Waals surface area contributed by atoms with Crippen LogP contribution in [0, 0.1) is 0 Å². The topological polar surface area (TPSA) is 104 Å². The van der Waals surface area contributed by atoms with Gasteiger partial charge in [-0.1, -0.05) is 41.4 Å². The van der Waals surface area contributed by atoms with Gasteiger partial charge in [-0.15, -0.1) is 11.3 Å². The monoisotopic (exact) mass is 541 g/mol. The number of anilines is 3. The van der Waals surface area contributed by atoms with Crippen molar-refractivity contribution in [3.63, 3.8) is 0 Å². The number of rotatable bonds is 7. The lowest BCUT2D eigenvalue weighted by Crippen LogP contribution is -2.17. The molecule has 4 aromatic rings. The van der Waals surface area contributed by atoms with Crippen molar-refractivity contribution >= 4 is 82.4 Å². The van der Waals surface area contributed by atoms with Crippen LogP contribution in [0.5, 0.6) is 0 Å². The normalized spacial score (nSPS) is 12.0. The molecule has 0 bridgehead atoms. The highest BCUT2D eigenvalue weighted by atomic mass is 35.5. The number of benzene rings is 3. The predicted octanol–water partition coefficient (Wildman–Crippen LogP) is 5.85. The van der Waals surface area contributed by atoms with E-state index in [1.165, 1.54) is 30.3 Å². The minimum atomic E-state index is -4.08. The second-order valence-electron chi connectivity index (χ2n) is 6.93. The van der Waals surface area contributed by atoms with E-state index < -0.39 is 20.0 Å². The number of fused-ring (bicyclic) bond motifs is 1. The molecular formula is C21H17Cl2N3O4S3. The summed E-state index contributed by atoms with van der Waals surface area (Å²) in [6.45, 7) is 0. The molecule has 0 atom stereocenters. The number of thiophene rings is 1. The standard InChI is InChI=1S/C21H17Cl2N3O4S3/c1-24-15-6-4-14-10-16(7-5-13(14)9-15)32(27,28)25-19-11-17(22)18(23)12-20(19)26-33(29,30)21-3-2-8-31-21/h2-12,24-26H,1H3. The Morgan fingerprint density at radius 1 is 0.758 bits per heavy atom. The summed E-state index contributed by atoms with van der Waals surface area (Å²) >= 11 is 13.2. The van der Waals surface area contributed by atoms with Gasteiger partial charge in [0.05, 0.1) is 26.3 Å². The number of sulfonamides is 2. The van der Waals surface area contributed by atoms with Crippen LogP contribution in [0.4, 0.5) is 17.1 Å². The van der Waals surface area contributed by atoms with Gasteiger partial charge in [0.1, 0.15) is 4.21 Å². The molecule has 0 radical (unpaired) electrons. The summed E-state index contributed by atoms with van der Waals surface area (Å²) in [4.78, 5) is 0.00495. The Kier molecular flexibility index (Phi) is 6.47. The van der Waals surface area contributed by atoms with Crippen molar-refractivity contribution in [1.29, 1.82) is 0 Å². The molecule has 0 aliphatic carbocycles. The highest BCUT2D eigenvalue weighted by Crippen LogP contribution is 2.36. The maximum Gasteiger partial charge on any atom is 0.271 e. The van der Waals surface area contributed by atoms with Gasteiger partial charge in [-0.2, -0.15) is 0 Å². The Morgan fingerprint density at radius 3 is 1.97 bits per heavy atom. The number of hydrogen-bond donors (Lipinski definition) is 3. The fraction of sp³-hybridized carbons (Fsp3) is 0.0476. The van der Waals surface area contributed by atoms with Crippen molar-refractivity contribution in [3.05, 3.63) is 76.1 Å². The molecule has 0 aliphatic heterocycles. The maximum atomic E-state index is 13.1. The third-order valence-electron chi connectivity index (χ3n) is 4.72. The summed E-state index contributed by atoms with van der Waals surface area (Å²) < 4.78 is 56.5. The van der Waals surface area contributed by atoms with Gasteiger partial charge in [0.15, 0.2) is 0 Å². The summed E-state index contributed by atoms with van der Waals surface area (Å²) in [5.41, 5.74) is 0.783. The molecule has 0 amide bonds. The van der Waals surface area contributed by atoms with Gasteiger partial charge in [-0.05, 0) is 58.6 Å². The molecule has 1 aromatic heterocycles. The third-order valence-corrected chi connectivity index (χ3v) is 9.57.